The van der Waals surface area contributed by atoms with E-state index in [2.05, 4.69) is 10.1 Å². The number of amides is 1. The Labute approximate surface area is 206 Å². The Bertz CT molecular complexity index is 790. The van der Waals surface area contributed by atoms with Crippen molar-refractivity contribution in [2.45, 2.75) is 69.3 Å². The summed E-state index contributed by atoms with van der Waals surface area (Å²) in [6.07, 6.45) is 0. The van der Waals surface area contributed by atoms with Crippen LogP contribution >= 0.6 is 35.0 Å². The number of carbonyl (C=O) groups excluding carboxylic acids is 1. The summed E-state index contributed by atoms with van der Waals surface area (Å²) in [5, 5.41) is 25.4. The van der Waals surface area contributed by atoms with Crippen molar-refractivity contribution in [3.8, 4) is 0 Å². The van der Waals surface area contributed by atoms with E-state index in [4.69, 9.17) is 28.0 Å². The van der Waals surface area contributed by atoms with Gasteiger partial charge in [-0.1, -0.05) is 28.4 Å². The summed E-state index contributed by atoms with van der Waals surface area (Å²) in [7, 11) is 0. The zero-order chi connectivity index (χ0) is 21.6. The van der Waals surface area contributed by atoms with Crippen LogP contribution < -0.4 is 34.7 Å². The Balaban J connectivity index is 0.00000420. The Morgan fingerprint density at radius 3 is 2.34 bits per heavy atom. The number of carboxylic acids is 1. The van der Waals surface area contributed by atoms with Crippen LogP contribution in [0.2, 0.25) is 0 Å². The number of fused-ring (bicyclic) bond motifs is 1. The minimum absolute atomic E-state index is 0. The second-order valence-corrected chi connectivity index (χ2v) is 10.7. The first-order valence-electron chi connectivity index (χ1n) is 8.44. The van der Waals surface area contributed by atoms with Gasteiger partial charge in [-0.3, -0.25) is 9.79 Å². The Hall–Kier alpha value is -0.450. The molecule has 2 aliphatic rings. The smallest absolute Gasteiger partial charge is 0.857 e. The van der Waals surface area contributed by atoms with Crippen LogP contribution in [0.3, 0.4) is 0 Å². The zero-order valence-electron chi connectivity index (χ0n) is 17.3. The van der Waals surface area contributed by atoms with Crippen molar-refractivity contribution in [2.75, 3.05) is 0 Å². The molecule has 3 atom stereocenters. The summed E-state index contributed by atoms with van der Waals surface area (Å²) in [5.41, 5.74) is -0.723. The van der Waals surface area contributed by atoms with E-state index in [0.29, 0.717) is 0 Å². The molecule has 29 heavy (non-hydrogen) atoms. The van der Waals surface area contributed by atoms with Gasteiger partial charge in [-0.15, -0.1) is 11.8 Å². The van der Waals surface area contributed by atoms with Gasteiger partial charge in [0.2, 0.25) is 0 Å². The molecular weight excluding hydrogens is 452 g/mol. The van der Waals surface area contributed by atoms with Crippen molar-refractivity contribution >= 4 is 58.4 Å². The van der Waals surface area contributed by atoms with Crippen molar-refractivity contribution in [1.29, 1.82) is 0 Å². The molecule has 0 bridgehead atoms. The summed E-state index contributed by atoms with van der Waals surface area (Å²) in [6, 6.07) is -1.98. The van der Waals surface area contributed by atoms with Gasteiger partial charge in [0.05, 0.1) is 0 Å². The standard InChI is InChI=1S/C17H23Cl2N3O5S.Na/c1-7(11(18)19)8(21-27-16(2,3)4)12(23)20-9-13(24)22-10(15(25)26)17(5,6)28-14(9)22;/h9-10,14H,1-6H3,(H,20,23)(H,25,26);/q;+1/p-1/b21-8+;/t9-,10+,14-;/m1./s1. The SMILES string of the molecule is CC(=C(Cl)Cl)/C(=N\OC(C)(C)C)C([O-])=N[C@@H]1C(=O)N2[C@@H]1SC(C)(C)[C@@H]2C(=O)O.[Na+]. The van der Waals surface area contributed by atoms with Gasteiger partial charge < -0.3 is 20.0 Å². The number of oxime groups is 1. The first-order chi connectivity index (χ1) is 12.7. The summed E-state index contributed by atoms with van der Waals surface area (Å²) >= 11 is 12.9. The average molecular weight is 474 g/mol. The van der Waals surface area contributed by atoms with Crippen molar-refractivity contribution in [3.05, 3.63) is 10.1 Å². The molecule has 0 saturated carbocycles. The van der Waals surface area contributed by atoms with Crippen molar-refractivity contribution in [1.82, 2.24) is 4.90 Å². The minimum atomic E-state index is -1.09. The topological polar surface area (TPSA) is 115 Å². The van der Waals surface area contributed by atoms with Crippen molar-refractivity contribution < 1.29 is 54.2 Å². The van der Waals surface area contributed by atoms with Crippen LogP contribution in [-0.2, 0) is 14.4 Å². The maximum atomic E-state index is 12.7. The van der Waals surface area contributed by atoms with E-state index in [-0.39, 0.29) is 45.3 Å². The number of β-lactam (4-membered cyclic amide) rings is 1. The van der Waals surface area contributed by atoms with Gasteiger partial charge in [0, 0.05) is 16.2 Å². The molecule has 12 heteroatoms. The molecule has 0 aromatic carbocycles. The number of nitrogens with zero attached hydrogens (tertiary/aromatic N) is 3. The van der Waals surface area contributed by atoms with Crippen LogP contribution in [0.4, 0.5) is 0 Å². The molecule has 0 radical (unpaired) electrons. The molecule has 2 aliphatic heterocycles. The summed E-state index contributed by atoms with van der Waals surface area (Å²) in [4.78, 5) is 34.6. The largest absolute Gasteiger partial charge is 1.00 e. The molecule has 2 heterocycles. The number of aliphatic carboxylic acids is 1. The molecule has 156 valence electrons. The number of carboxylic acid groups (broad SMARTS) is 1. The predicted octanol–water partition coefficient (Wildman–Crippen LogP) is -0.855. The van der Waals surface area contributed by atoms with Gasteiger partial charge in [-0.05, 0) is 41.5 Å². The molecule has 2 fully saturated rings. The Morgan fingerprint density at radius 1 is 1.34 bits per heavy atom. The van der Waals surface area contributed by atoms with Crippen LogP contribution in [0.25, 0.3) is 0 Å². The van der Waals surface area contributed by atoms with E-state index in [0.717, 1.165) is 0 Å². The van der Waals surface area contributed by atoms with Gasteiger partial charge >= 0.3 is 35.5 Å². The Kier molecular flexibility index (Phi) is 8.58. The molecule has 0 unspecified atom stereocenters. The number of aliphatic imine (C=N–C) groups is 1. The molecule has 0 aromatic rings. The van der Waals surface area contributed by atoms with E-state index in [1.807, 2.05) is 0 Å². The third-order valence-electron chi connectivity index (χ3n) is 4.16. The van der Waals surface area contributed by atoms with E-state index in [9.17, 15) is 19.8 Å². The summed E-state index contributed by atoms with van der Waals surface area (Å²) in [5.74, 6) is -2.42. The fourth-order valence-electron chi connectivity index (χ4n) is 2.84. The van der Waals surface area contributed by atoms with E-state index in [1.54, 1.807) is 34.6 Å². The van der Waals surface area contributed by atoms with Crippen molar-refractivity contribution in [2.24, 2.45) is 10.1 Å². The number of hydrogen-bond acceptors (Lipinski definition) is 7. The predicted molar refractivity (Wildman–Crippen MR) is 108 cm³/mol. The van der Waals surface area contributed by atoms with Crippen LogP contribution in [0, 0.1) is 0 Å². The monoisotopic (exact) mass is 473 g/mol. The number of rotatable bonds is 5. The summed E-state index contributed by atoms with van der Waals surface area (Å²) < 4.78 is -0.884. The van der Waals surface area contributed by atoms with Crippen LogP contribution in [0.1, 0.15) is 41.5 Å². The number of halogens is 2. The first-order valence-corrected chi connectivity index (χ1v) is 10.1. The molecule has 2 saturated heterocycles. The van der Waals surface area contributed by atoms with Crippen molar-refractivity contribution in [3.63, 3.8) is 0 Å². The zero-order valence-corrected chi connectivity index (χ0v) is 21.6. The second kappa shape index (κ2) is 9.36. The third kappa shape index (κ3) is 5.62. The van der Waals surface area contributed by atoms with Crippen LogP contribution in [0.5, 0.6) is 0 Å². The third-order valence-corrected chi connectivity index (χ3v) is 6.28. The first kappa shape index (κ1) is 26.6. The van der Waals surface area contributed by atoms with Gasteiger partial charge in [0.15, 0.2) is 6.04 Å². The van der Waals surface area contributed by atoms with Crippen LogP contribution in [-0.4, -0.2) is 61.3 Å². The molecule has 1 amide bonds. The normalized spacial score (nSPS) is 26.3. The average Bonchev–Trinajstić information content (AvgIpc) is 2.79. The Morgan fingerprint density at radius 2 is 1.90 bits per heavy atom. The molecule has 2 rings (SSSR count). The van der Waals surface area contributed by atoms with Crippen LogP contribution in [0.15, 0.2) is 20.2 Å². The number of carbonyl (C=O) groups is 2. The molecule has 1 N–H and O–H groups in total. The molecule has 0 spiro atoms. The molecule has 8 nitrogen and oxygen atoms in total. The fourth-order valence-corrected chi connectivity index (χ4v) is 4.63. The summed E-state index contributed by atoms with van der Waals surface area (Å²) in [6.45, 7) is 10.2. The molecule has 0 aromatic heterocycles. The quantitative estimate of drug-likeness (QED) is 0.183. The van der Waals surface area contributed by atoms with Gasteiger partial charge in [0.25, 0.3) is 5.91 Å². The van der Waals surface area contributed by atoms with E-state index in [1.165, 1.54) is 23.6 Å². The fraction of sp³-hybridized carbons (Fsp3) is 0.647. The van der Waals surface area contributed by atoms with Gasteiger partial charge in [0.1, 0.15) is 27.2 Å². The number of thioether (sulfide) groups is 1. The molecule has 0 aliphatic carbocycles. The molecular formula is C17H22Cl2N3NaO5S. The second-order valence-electron chi connectivity index (χ2n) is 8.01. The van der Waals surface area contributed by atoms with E-state index < -0.39 is 45.6 Å². The minimum Gasteiger partial charge on any atom is -0.857 e. The maximum absolute atomic E-state index is 12.7. The van der Waals surface area contributed by atoms with Gasteiger partial charge in [-0.2, -0.15) is 0 Å². The number of hydrogen-bond donors (Lipinski definition) is 1. The van der Waals surface area contributed by atoms with E-state index >= 15 is 0 Å². The maximum Gasteiger partial charge on any atom is 1.00 e. The van der Waals surface area contributed by atoms with Gasteiger partial charge in [-0.25, -0.2) is 4.79 Å².